The van der Waals surface area contributed by atoms with Crippen molar-refractivity contribution in [1.82, 2.24) is 19.7 Å². The van der Waals surface area contributed by atoms with Gasteiger partial charge in [0.15, 0.2) is 11.5 Å². The maximum absolute atomic E-state index is 15.9. The van der Waals surface area contributed by atoms with Gasteiger partial charge in [-0.25, -0.2) is 17.8 Å². The first-order valence-corrected chi connectivity index (χ1v) is 11.3. The van der Waals surface area contributed by atoms with Crippen LogP contribution in [0.1, 0.15) is 22.8 Å². The first-order chi connectivity index (χ1) is 15.9. The lowest BCUT2D eigenvalue weighted by Gasteiger charge is -2.38. The molecule has 0 spiro atoms. The number of aryl methyl sites for hydroxylation is 1. The van der Waals surface area contributed by atoms with Crippen LogP contribution in [0.15, 0.2) is 42.9 Å². The predicted molar refractivity (Wildman–Crippen MR) is 113 cm³/mol. The molecule has 1 aliphatic heterocycles. The molecule has 0 amide bonds. The van der Waals surface area contributed by atoms with Crippen LogP contribution in [0.25, 0.3) is 11.1 Å². The largest absolute Gasteiger partial charge is 0.369 e. The number of halogens is 2. The van der Waals surface area contributed by atoms with E-state index < -0.39 is 28.6 Å². The number of aromatic nitrogens is 4. The monoisotopic (exact) mass is 451 g/mol. The van der Waals surface area contributed by atoms with Crippen LogP contribution in [-0.2, 0) is 22.7 Å². The second-order valence-electron chi connectivity index (χ2n) is 7.42. The van der Waals surface area contributed by atoms with Crippen molar-refractivity contribution in [2.24, 2.45) is 6.98 Å². The van der Waals surface area contributed by atoms with Crippen LogP contribution in [-0.4, -0.2) is 47.5 Å². The molecule has 1 aliphatic rings. The average Bonchev–Trinajstić information content (AvgIpc) is 3.26. The highest BCUT2D eigenvalue weighted by Gasteiger charge is 2.41. The van der Waals surface area contributed by atoms with Gasteiger partial charge in [0.2, 0.25) is 16.0 Å². The lowest BCUT2D eigenvalue weighted by molar-refractivity contribution is 0.109. The Morgan fingerprint density at radius 2 is 2.00 bits per heavy atom. The molecule has 1 N–H and O–H groups in total. The van der Waals surface area contributed by atoms with Gasteiger partial charge < -0.3 is 9.47 Å². The Kier molecular flexibility index (Phi) is 4.47. The minimum atomic E-state index is -3.63. The summed E-state index contributed by atoms with van der Waals surface area (Å²) in [5.74, 6) is -0.924. The number of hydrogen-bond acceptors (Lipinski definition) is 6. The fourth-order valence-corrected chi connectivity index (χ4v) is 4.35. The summed E-state index contributed by atoms with van der Waals surface area (Å²) in [7, 11) is -3.63. The van der Waals surface area contributed by atoms with Crippen molar-refractivity contribution in [3.8, 4) is 11.1 Å². The fraction of sp³-hybridized carbons (Fsp3) is 0.350. The third-order valence-corrected chi connectivity index (χ3v) is 5.78. The highest BCUT2D eigenvalue weighted by Crippen LogP contribution is 2.42. The molecule has 3 aromatic rings. The van der Waals surface area contributed by atoms with E-state index >= 15 is 4.39 Å². The Morgan fingerprint density at radius 1 is 1.23 bits per heavy atom. The summed E-state index contributed by atoms with van der Waals surface area (Å²) in [6.45, 7) is -2.35. The van der Waals surface area contributed by atoms with Crippen LogP contribution in [0.3, 0.4) is 0 Å². The highest BCUT2D eigenvalue weighted by atomic mass is 32.2. The maximum Gasteiger partial charge on any atom is 0.229 e. The zero-order valence-corrected chi connectivity index (χ0v) is 17.4. The average molecular weight is 452 g/mol. The standard InChI is InChI=1S/C20H22F2N6O2S/c1-27-13-24-25-19(27)20(22)8-10-28(11-9-20)18-15(14-6-7-17(21)23-12-14)4-3-5-16(18)26-31(2,29)30/h3-7,12-13,26H,8-11H2,1-2H3/i1D3. The van der Waals surface area contributed by atoms with E-state index in [4.69, 9.17) is 4.11 Å². The van der Waals surface area contributed by atoms with E-state index in [-0.39, 0.29) is 37.4 Å². The normalized spacial score (nSPS) is 18.2. The number of hydrogen-bond donors (Lipinski definition) is 1. The van der Waals surface area contributed by atoms with Crippen molar-refractivity contribution in [1.29, 1.82) is 0 Å². The molecule has 0 unspecified atom stereocenters. The van der Waals surface area contributed by atoms with Gasteiger partial charge in [-0.2, -0.15) is 4.39 Å². The Balaban J connectivity index is 1.71. The van der Waals surface area contributed by atoms with Gasteiger partial charge in [0.05, 0.1) is 17.6 Å². The van der Waals surface area contributed by atoms with Gasteiger partial charge >= 0.3 is 0 Å². The van der Waals surface area contributed by atoms with Crippen molar-refractivity contribution in [3.05, 3.63) is 54.6 Å². The lowest BCUT2D eigenvalue weighted by Crippen LogP contribution is -2.42. The van der Waals surface area contributed by atoms with E-state index in [1.54, 1.807) is 23.1 Å². The summed E-state index contributed by atoms with van der Waals surface area (Å²) in [5, 5.41) is 7.33. The zero-order valence-electron chi connectivity index (χ0n) is 19.6. The number of nitrogens with one attached hydrogen (secondary N) is 1. The summed E-state index contributed by atoms with van der Waals surface area (Å²) in [6, 6.07) is 7.69. The maximum atomic E-state index is 15.9. The number of sulfonamides is 1. The second kappa shape index (κ2) is 7.88. The molecule has 1 fully saturated rings. The number of anilines is 2. The van der Waals surface area contributed by atoms with Gasteiger partial charge in [0.25, 0.3) is 0 Å². The van der Waals surface area contributed by atoms with Crippen LogP contribution in [0.5, 0.6) is 0 Å². The molecular formula is C20H22F2N6O2S. The summed E-state index contributed by atoms with van der Waals surface area (Å²) in [5.41, 5.74) is -0.133. The molecule has 31 heavy (non-hydrogen) atoms. The molecule has 0 atom stereocenters. The van der Waals surface area contributed by atoms with Crippen LogP contribution >= 0.6 is 0 Å². The molecule has 0 aliphatic carbocycles. The summed E-state index contributed by atoms with van der Waals surface area (Å²) in [4.78, 5) is 5.49. The molecule has 2 aromatic heterocycles. The van der Waals surface area contributed by atoms with Crippen LogP contribution in [0.4, 0.5) is 20.2 Å². The van der Waals surface area contributed by atoms with Crippen molar-refractivity contribution in [3.63, 3.8) is 0 Å². The first-order valence-electron chi connectivity index (χ1n) is 10.9. The van der Waals surface area contributed by atoms with Crippen molar-refractivity contribution in [2.75, 3.05) is 29.0 Å². The SMILES string of the molecule is [2H]C([2H])([2H])n1cnnc1C1(F)CCN(c2c(NS(C)(=O)=O)cccc2-c2ccc(F)nc2)CC1. The fourth-order valence-electron chi connectivity index (χ4n) is 3.78. The number of rotatable bonds is 5. The Labute approximate surface area is 183 Å². The first kappa shape index (κ1) is 17.6. The van der Waals surface area contributed by atoms with E-state index in [0.717, 1.165) is 17.2 Å². The molecule has 0 saturated carbocycles. The molecule has 164 valence electrons. The minimum Gasteiger partial charge on any atom is -0.369 e. The predicted octanol–water partition coefficient (Wildman–Crippen LogP) is 2.85. The topological polar surface area (TPSA) is 93.0 Å². The molecule has 4 rings (SSSR count). The molecule has 0 radical (unpaired) electrons. The minimum absolute atomic E-state index is 0.101. The Hall–Kier alpha value is -3.08. The molecule has 11 heteroatoms. The van der Waals surface area contributed by atoms with E-state index in [2.05, 4.69) is 19.9 Å². The van der Waals surface area contributed by atoms with E-state index in [1.165, 1.54) is 18.3 Å². The molecular weight excluding hydrogens is 426 g/mol. The quantitative estimate of drug-likeness (QED) is 0.600. The number of alkyl halides is 1. The number of benzene rings is 1. The number of pyridine rings is 1. The van der Waals surface area contributed by atoms with E-state index in [0.29, 0.717) is 16.8 Å². The molecule has 8 nitrogen and oxygen atoms in total. The van der Waals surface area contributed by atoms with Crippen molar-refractivity contribution >= 4 is 21.4 Å². The van der Waals surface area contributed by atoms with Gasteiger partial charge in [-0.1, -0.05) is 12.1 Å². The van der Waals surface area contributed by atoms with Crippen molar-refractivity contribution in [2.45, 2.75) is 18.5 Å². The van der Waals surface area contributed by atoms with Gasteiger partial charge in [0, 0.05) is 54.3 Å². The third kappa shape index (κ3) is 4.36. The van der Waals surface area contributed by atoms with Crippen LogP contribution < -0.4 is 9.62 Å². The molecule has 1 aromatic carbocycles. The third-order valence-electron chi connectivity index (χ3n) is 5.19. The number of piperidine rings is 1. The molecule has 0 bridgehead atoms. The number of nitrogens with zero attached hydrogens (tertiary/aromatic N) is 5. The summed E-state index contributed by atoms with van der Waals surface area (Å²) in [6.07, 6.45) is 3.14. The highest BCUT2D eigenvalue weighted by molar-refractivity contribution is 7.92. The van der Waals surface area contributed by atoms with Crippen molar-refractivity contribution < 1.29 is 21.3 Å². The smallest absolute Gasteiger partial charge is 0.229 e. The van der Waals surface area contributed by atoms with Gasteiger partial charge in [-0.3, -0.25) is 4.72 Å². The lowest BCUT2D eigenvalue weighted by atomic mass is 9.91. The van der Waals surface area contributed by atoms with Gasteiger partial charge in [-0.05, 0) is 18.2 Å². The Bertz CT molecular complexity index is 1290. The second-order valence-corrected chi connectivity index (χ2v) is 9.17. The Morgan fingerprint density at radius 3 is 2.65 bits per heavy atom. The molecule has 1 saturated heterocycles. The zero-order chi connectivity index (χ0) is 24.7. The summed E-state index contributed by atoms with van der Waals surface area (Å²) < 4.78 is 79.3. The van der Waals surface area contributed by atoms with E-state index in [1.807, 2.05) is 0 Å². The van der Waals surface area contributed by atoms with Crippen LogP contribution in [0.2, 0.25) is 0 Å². The summed E-state index contributed by atoms with van der Waals surface area (Å²) >= 11 is 0. The van der Waals surface area contributed by atoms with Crippen LogP contribution in [0, 0.1) is 5.95 Å². The van der Waals surface area contributed by atoms with Gasteiger partial charge in [0.1, 0.15) is 6.33 Å². The molecule has 3 heterocycles. The van der Waals surface area contributed by atoms with Gasteiger partial charge in [-0.15, -0.1) is 10.2 Å². The number of para-hydroxylation sites is 1. The van der Waals surface area contributed by atoms with E-state index in [9.17, 15) is 12.8 Å².